The third kappa shape index (κ3) is 3.36. The van der Waals surface area contributed by atoms with Gasteiger partial charge in [-0.3, -0.25) is 11.3 Å². The van der Waals surface area contributed by atoms with Crippen LogP contribution < -0.4 is 11.3 Å². The molecule has 0 bridgehead atoms. The second-order valence-corrected chi connectivity index (χ2v) is 7.82. The van der Waals surface area contributed by atoms with E-state index in [9.17, 15) is 0 Å². The van der Waals surface area contributed by atoms with Crippen LogP contribution in [0.4, 0.5) is 0 Å². The van der Waals surface area contributed by atoms with Gasteiger partial charge in [-0.05, 0) is 48.6 Å². The molecule has 3 unspecified atom stereocenters. The van der Waals surface area contributed by atoms with E-state index in [1.54, 1.807) is 0 Å². The first kappa shape index (κ1) is 15.9. The molecule has 2 saturated heterocycles. The van der Waals surface area contributed by atoms with Gasteiger partial charge in [0.05, 0.1) is 15.6 Å². The summed E-state index contributed by atoms with van der Waals surface area (Å²) in [5, 5.41) is 1.15. The van der Waals surface area contributed by atoms with Crippen LogP contribution >= 0.6 is 35.0 Å². The molecule has 0 aliphatic carbocycles. The Hall–Kier alpha value is 0.0300. The normalized spacial score (nSPS) is 30.7. The summed E-state index contributed by atoms with van der Waals surface area (Å²) in [6.45, 7) is 0.810. The molecule has 116 valence electrons. The molecule has 2 aliphatic heterocycles. The van der Waals surface area contributed by atoms with E-state index < -0.39 is 0 Å². The number of ether oxygens (including phenoxy) is 1. The fourth-order valence-electron chi connectivity index (χ4n) is 3.42. The van der Waals surface area contributed by atoms with Crippen molar-refractivity contribution in [3.8, 4) is 0 Å². The van der Waals surface area contributed by atoms with Crippen molar-refractivity contribution in [2.45, 2.75) is 30.9 Å². The quantitative estimate of drug-likeness (QED) is 0.645. The number of thioether (sulfide) groups is 1. The molecule has 2 fully saturated rings. The molecule has 1 spiro atoms. The van der Waals surface area contributed by atoms with E-state index in [-0.39, 0.29) is 11.6 Å². The van der Waals surface area contributed by atoms with Crippen LogP contribution in [-0.4, -0.2) is 23.7 Å². The van der Waals surface area contributed by atoms with Crippen molar-refractivity contribution < 1.29 is 4.74 Å². The topological polar surface area (TPSA) is 47.3 Å². The van der Waals surface area contributed by atoms with Gasteiger partial charge < -0.3 is 4.74 Å². The van der Waals surface area contributed by atoms with Crippen molar-refractivity contribution in [1.29, 1.82) is 0 Å². The summed E-state index contributed by atoms with van der Waals surface area (Å²) in [6.07, 6.45) is 3.21. The van der Waals surface area contributed by atoms with E-state index in [2.05, 4.69) is 5.43 Å². The average molecular weight is 347 g/mol. The Morgan fingerprint density at radius 2 is 2.24 bits per heavy atom. The van der Waals surface area contributed by atoms with Crippen molar-refractivity contribution in [2.24, 2.45) is 11.8 Å². The van der Waals surface area contributed by atoms with Crippen LogP contribution in [0, 0.1) is 5.92 Å². The summed E-state index contributed by atoms with van der Waals surface area (Å²) < 4.78 is 6.09. The van der Waals surface area contributed by atoms with Gasteiger partial charge in [0.15, 0.2) is 0 Å². The molecule has 6 heteroatoms. The smallest absolute Gasteiger partial charge is 0.0783 e. The fraction of sp³-hybridized carbons (Fsp3) is 0.600. The van der Waals surface area contributed by atoms with Crippen LogP contribution in [0.5, 0.6) is 0 Å². The van der Waals surface area contributed by atoms with Crippen molar-refractivity contribution in [2.75, 3.05) is 18.1 Å². The van der Waals surface area contributed by atoms with Crippen molar-refractivity contribution in [1.82, 2.24) is 5.43 Å². The zero-order chi connectivity index (χ0) is 14.9. The molecule has 1 aromatic rings. The Bertz CT molecular complexity index is 508. The fourth-order valence-corrected chi connectivity index (χ4v) is 5.11. The molecular weight excluding hydrogens is 327 g/mol. The van der Waals surface area contributed by atoms with Crippen LogP contribution in [0.2, 0.25) is 10.0 Å². The highest BCUT2D eigenvalue weighted by Crippen LogP contribution is 2.44. The predicted molar refractivity (Wildman–Crippen MR) is 89.9 cm³/mol. The van der Waals surface area contributed by atoms with Gasteiger partial charge in [-0.1, -0.05) is 29.3 Å². The summed E-state index contributed by atoms with van der Waals surface area (Å²) in [7, 11) is 0. The van der Waals surface area contributed by atoms with E-state index in [1.807, 2.05) is 30.0 Å². The maximum absolute atomic E-state index is 6.15. The van der Waals surface area contributed by atoms with Crippen LogP contribution in [-0.2, 0) is 4.74 Å². The summed E-state index contributed by atoms with van der Waals surface area (Å²) in [6, 6.07) is 5.85. The zero-order valence-electron chi connectivity index (χ0n) is 11.8. The SMILES string of the molecule is NNC(c1ccc(Cl)c(Cl)c1)C1CCOC2(CCSC2)C1. The first-order valence-electron chi connectivity index (χ1n) is 7.26. The number of rotatable bonds is 3. The molecule has 0 radical (unpaired) electrons. The van der Waals surface area contributed by atoms with E-state index >= 15 is 0 Å². The summed E-state index contributed by atoms with van der Waals surface area (Å²) >= 11 is 14.1. The summed E-state index contributed by atoms with van der Waals surface area (Å²) in [5.41, 5.74) is 4.13. The largest absolute Gasteiger partial charge is 0.374 e. The summed E-state index contributed by atoms with van der Waals surface area (Å²) in [5.74, 6) is 8.59. The van der Waals surface area contributed by atoms with Gasteiger partial charge in [0.25, 0.3) is 0 Å². The second kappa shape index (κ2) is 6.65. The van der Waals surface area contributed by atoms with Crippen LogP contribution in [0.3, 0.4) is 0 Å². The molecule has 0 amide bonds. The van der Waals surface area contributed by atoms with Crippen molar-refractivity contribution >= 4 is 35.0 Å². The van der Waals surface area contributed by atoms with Gasteiger partial charge in [-0.2, -0.15) is 11.8 Å². The zero-order valence-corrected chi connectivity index (χ0v) is 14.1. The van der Waals surface area contributed by atoms with Crippen LogP contribution in [0.25, 0.3) is 0 Å². The Morgan fingerprint density at radius 1 is 1.38 bits per heavy atom. The van der Waals surface area contributed by atoms with Gasteiger partial charge >= 0.3 is 0 Å². The van der Waals surface area contributed by atoms with E-state index in [0.717, 1.165) is 37.2 Å². The molecule has 3 atom stereocenters. The lowest BCUT2D eigenvalue weighted by molar-refractivity contribution is -0.0854. The van der Waals surface area contributed by atoms with Gasteiger partial charge in [0.2, 0.25) is 0 Å². The van der Waals surface area contributed by atoms with Crippen molar-refractivity contribution in [3.63, 3.8) is 0 Å². The highest BCUT2D eigenvalue weighted by atomic mass is 35.5. The third-order valence-electron chi connectivity index (χ3n) is 4.55. The lowest BCUT2D eigenvalue weighted by Crippen LogP contribution is -2.45. The molecule has 21 heavy (non-hydrogen) atoms. The average Bonchev–Trinajstić information content (AvgIpc) is 2.91. The summed E-state index contributed by atoms with van der Waals surface area (Å²) in [4.78, 5) is 0. The maximum atomic E-state index is 6.15. The van der Waals surface area contributed by atoms with Crippen LogP contribution in [0.15, 0.2) is 18.2 Å². The molecule has 3 rings (SSSR count). The molecule has 2 aliphatic rings. The first-order valence-corrected chi connectivity index (χ1v) is 9.17. The molecular formula is C15H20Cl2N2OS. The molecule has 1 aromatic carbocycles. The number of nitrogens with two attached hydrogens (primary N) is 1. The second-order valence-electron chi connectivity index (χ2n) is 5.90. The van der Waals surface area contributed by atoms with E-state index in [4.69, 9.17) is 33.8 Å². The number of benzene rings is 1. The Morgan fingerprint density at radius 3 is 2.90 bits per heavy atom. The molecule has 0 aromatic heterocycles. The molecule has 3 nitrogen and oxygen atoms in total. The monoisotopic (exact) mass is 346 g/mol. The van der Waals surface area contributed by atoms with Gasteiger partial charge in [0, 0.05) is 18.4 Å². The standard InChI is InChI=1S/C15H20Cl2N2OS/c16-12-2-1-10(7-13(12)17)14(19-18)11-3-5-20-15(8-11)4-6-21-9-15/h1-2,7,11,14,19H,3-6,8-9,18H2. The molecule has 3 N–H and O–H groups in total. The minimum atomic E-state index is 0.0545. The van der Waals surface area contributed by atoms with E-state index in [1.165, 1.54) is 5.75 Å². The predicted octanol–water partition coefficient (Wildman–Crippen LogP) is 3.80. The number of hydrogen-bond donors (Lipinski definition) is 2. The molecule has 2 heterocycles. The third-order valence-corrected chi connectivity index (χ3v) is 6.51. The number of hydrogen-bond acceptors (Lipinski definition) is 4. The lowest BCUT2D eigenvalue weighted by Gasteiger charge is -2.41. The van der Waals surface area contributed by atoms with E-state index in [0.29, 0.717) is 16.0 Å². The minimum Gasteiger partial charge on any atom is -0.374 e. The Kier molecular flexibility index (Phi) is 5.04. The number of halogens is 2. The van der Waals surface area contributed by atoms with Crippen LogP contribution in [0.1, 0.15) is 30.9 Å². The first-order chi connectivity index (χ1) is 10.1. The highest BCUT2D eigenvalue weighted by Gasteiger charge is 2.42. The van der Waals surface area contributed by atoms with Gasteiger partial charge in [-0.25, -0.2) is 0 Å². The minimum absolute atomic E-state index is 0.0545. The highest BCUT2D eigenvalue weighted by molar-refractivity contribution is 7.99. The number of nitrogens with one attached hydrogen (secondary N) is 1. The molecule has 0 saturated carbocycles. The van der Waals surface area contributed by atoms with Gasteiger partial charge in [0.1, 0.15) is 0 Å². The maximum Gasteiger partial charge on any atom is 0.0783 e. The number of hydrazine groups is 1. The lowest BCUT2D eigenvalue weighted by atomic mass is 9.79. The Labute approximate surface area is 139 Å². The Balaban J connectivity index is 1.80. The van der Waals surface area contributed by atoms with Gasteiger partial charge in [-0.15, -0.1) is 0 Å². The van der Waals surface area contributed by atoms with Crippen molar-refractivity contribution in [3.05, 3.63) is 33.8 Å².